The Balaban J connectivity index is 3.31. The molecule has 0 aliphatic carbocycles. The zero-order valence-electron chi connectivity index (χ0n) is 9.35. The smallest absolute Gasteiger partial charge is 0.243 e. The van der Waals surface area contributed by atoms with Gasteiger partial charge < -0.3 is 0 Å². The van der Waals surface area contributed by atoms with Gasteiger partial charge in [0.2, 0.25) is 0 Å². The average molecular weight is 257 g/mol. The van der Waals surface area contributed by atoms with Crippen molar-refractivity contribution in [2.75, 3.05) is 0 Å². The van der Waals surface area contributed by atoms with Crippen molar-refractivity contribution in [1.82, 2.24) is 15.0 Å². The molecule has 17 heavy (non-hydrogen) atoms. The van der Waals surface area contributed by atoms with E-state index in [4.69, 9.17) is 0 Å². The van der Waals surface area contributed by atoms with Gasteiger partial charge in [-0.2, -0.15) is 22.0 Å². The second kappa shape index (κ2) is 4.58. The van der Waals surface area contributed by atoms with Gasteiger partial charge in [-0.15, -0.1) is 5.10 Å². The lowest BCUT2D eigenvalue weighted by Gasteiger charge is -2.21. The standard InChI is InChI=1S/C9H12F5N3/c1-3-5-17-7(6(4-2)15-16-17)8(10,11)9(12,13)14/h3-5H2,1-2H3. The minimum absolute atomic E-state index is 0.0198. The molecule has 98 valence electrons. The molecule has 1 aromatic heterocycles. The van der Waals surface area contributed by atoms with E-state index < -0.39 is 17.8 Å². The Morgan fingerprint density at radius 3 is 2.12 bits per heavy atom. The van der Waals surface area contributed by atoms with Crippen LogP contribution in [0.1, 0.15) is 31.7 Å². The van der Waals surface area contributed by atoms with Gasteiger partial charge >= 0.3 is 12.1 Å². The predicted molar refractivity (Wildman–Crippen MR) is 49.6 cm³/mol. The van der Waals surface area contributed by atoms with Gasteiger partial charge in [-0.25, -0.2) is 4.68 Å². The Bertz CT molecular complexity index is 382. The lowest BCUT2D eigenvalue weighted by molar-refractivity contribution is -0.292. The Morgan fingerprint density at radius 2 is 1.71 bits per heavy atom. The fraction of sp³-hybridized carbons (Fsp3) is 0.778. The highest BCUT2D eigenvalue weighted by atomic mass is 19.4. The van der Waals surface area contributed by atoms with Gasteiger partial charge in [-0.1, -0.05) is 19.1 Å². The van der Waals surface area contributed by atoms with E-state index in [1.165, 1.54) is 6.92 Å². The van der Waals surface area contributed by atoms with Crippen LogP contribution in [0.15, 0.2) is 0 Å². The normalized spacial score (nSPS) is 13.1. The minimum Gasteiger partial charge on any atom is -0.243 e. The van der Waals surface area contributed by atoms with E-state index in [9.17, 15) is 22.0 Å². The topological polar surface area (TPSA) is 30.7 Å². The first-order valence-electron chi connectivity index (χ1n) is 5.13. The summed E-state index contributed by atoms with van der Waals surface area (Å²) in [5.74, 6) is -4.92. The van der Waals surface area contributed by atoms with E-state index in [-0.39, 0.29) is 18.7 Å². The molecule has 3 nitrogen and oxygen atoms in total. The lowest BCUT2D eigenvalue weighted by Crippen LogP contribution is -2.36. The van der Waals surface area contributed by atoms with Gasteiger partial charge in [-0.05, 0) is 12.8 Å². The molecule has 0 spiro atoms. The molecule has 0 aromatic carbocycles. The molecule has 0 amide bonds. The summed E-state index contributed by atoms with van der Waals surface area (Å²) in [5, 5.41) is 6.71. The van der Waals surface area contributed by atoms with Crippen molar-refractivity contribution < 1.29 is 22.0 Å². The van der Waals surface area contributed by atoms with Crippen LogP contribution in [-0.2, 0) is 18.9 Å². The van der Waals surface area contributed by atoms with Crippen LogP contribution in [0, 0.1) is 0 Å². The molecule has 1 heterocycles. The summed E-state index contributed by atoms with van der Waals surface area (Å²) in [7, 11) is 0. The van der Waals surface area contributed by atoms with E-state index in [1.54, 1.807) is 6.92 Å². The molecule has 0 aliphatic heterocycles. The summed E-state index contributed by atoms with van der Waals surface area (Å²) in [6.07, 6.45) is -5.26. The Kier molecular flexibility index (Phi) is 3.73. The molecule has 0 radical (unpaired) electrons. The third-order valence-electron chi connectivity index (χ3n) is 2.23. The summed E-state index contributed by atoms with van der Waals surface area (Å²) in [4.78, 5) is 0. The van der Waals surface area contributed by atoms with Crippen molar-refractivity contribution in [3.63, 3.8) is 0 Å². The molecule has 0 atom stereocenters. The van der Waals surface area contributed by atoms with E-state index >= 15 is 0 Å². The zero-order chi connectivity index (χ0) is 13.3. The Labute approximate surface area is 94.6 Å². The van der Waals surface area contributed by atoms with Crippen molar-refractivity contribution in [3.8, 4) is 0 Å². The molecule has 0 bridgehead atoms. The van der Waals surface area contributed by atoms with Gasteiger partial charge in [0.1, 0.15) is 5.69 Å². The molecular formula is C9H12F5N3. The van der Waals surface area contributed by atoms with Crippen molar-refractivity contribution in [2.24, 2.45) is 0 Å². The fourth-order valence-electron chi connectivity index (χ4n) is 1.43. The molecule has 0 fully saturated rings. The average Bonchev–Trinajstić information content (AvgIpc) is 2.60. The molecule has 0 unspecified atom stereocenters. The van der Waals surface area contributed by atoms with Crippen LogP contribution in [0.3, 0.4) is 0 Å². The SMILES string of the molecule is CCCn1nnc(CC)c1C(F)(F)C(F)(F)F. The van der Waals surface area contributed by atoms with Crippen LogP contribution in [0.2, 0.25) is 0 Å². The van der Waals surface area contributed by atoms with E-state index in [2.05, 4.69) is 10.3 Å². The fourth-order valence-corrected chi connectivity index (χ4v) is 1.43. The number of hydrogen-bond donors (Lipinski definition) is 0. The highest BCUT2D eigenvalue weighted by Gasteiger charge is 2.61. The van der Waals surface area contributed by atoms with Crippen LogP contribution in [0.25, 0.3) is 0 Å². The second-order valence-corrected chi connectivity index (χ2v) is 3.53. The molecule has 0 saturated carbocycles. The maximum atomic E-state index is 13.3. The highest BCUT2D eigenvalue weighted by molar-refractivity contribution is 5.18. The van der Waals surface area contributed by atoms with E-state index in [0.29, 0.717) is 11.1 Å². The lowest BCUT2D eigenvalue weighted by atomic mass is 10.1. The zero-order valence-corrected chi connectivity index (χ0v) is 9.35. The van der Waals surface area contributed by atoms with Crippen molar-refractivity contribution in [1.29, 1.82) is 0 Å². The predicted octanol–water partition coefficient (Wildman–Crippen LogP) is 2.90. The number of aromatic nitrogens is 3. The van der Waals surface area contributed by atoms with Crippen LogP contribution in [0.4, 0.5) is 22.0 Å². The molecular weight excluding hydrogens is 245 g/mol. The second-order valence-electron chi connectivity index (χ2n) is 3.53. The van der Waals surface area contributed by atoms with Crippen molar-refractivity contribution in [3.05, 3.63) is 11.4 Å². The monoisotopic (exact) mass is 257 g/mol. The first kappa shape index (κ1) is 13.9. The quantitative estimate of drug-likeness (QED) is 0.776. The third kappa shape index (κ3) is 2.39. The molecule has 0 saturated heterocycles. The summed E-state index contributed by atoms with van der Waals surface area (Å²) < 4.78 is 64.2. The van der Waals surface area contributed by atoms with Crippen LogP contribution < -0.4 is 0 Å². The van der Waals surface area contributed by atoms with Crippen molar-refractivity contribution >= 4 is 0 Å². The molecule has 1 aromatic rings. The number of rotatable bonds is 4. The number of halogens is 5. The number of nitrogens with zero attached hydrogens (tertiary/aromatic N) is 3. The minimum atomic E-state index is -5.63. The summed E-state index contributed by atoms with van der Waals surface area (Å²) >= 11 is 0. The first-order chi connectivity index (χ1) is 7.75. The van der Waals surface area contributed by atoms with E-state index in [1.807, 2.05) is 0 Å². The molecule has 1 rings (SSSR count). The van der Waals surface area contributed by atoms with Gasteiger partial charge in [-0.3, -0.25) is 0 Å². The van der Waals surface area contributed by atoms with Gasteiger partial charge in [0, 0.05) is 6.54 Å². The number of alkyl halides is 5. The largest absolute Gasteiger partial charge is 0.459 e. The Morgan fingerprint density at radius 1 is 1.12 bits per heavy atom. The van der Waals surface area contributed by atoms with E-state index in [0.717, 1.165) is 0 Å². The molecule has 0 aliphatic rings. The maximum absolute atomic E-state index is 13.3. The first-order valence-corrected chi connectivity index (χ1v) is 5.13. The maximum Gasteiger partial charge on any atom is 0.459 e. The van der Waals surface area contributed by atoms with Crippen LogP contribution in [-0.4, -0.2) is 21.2 Å². The summed E-state index contributed by atoms with van der Waals surface area (Å²) in [5.41, 5.74) is -1.46. The van der Waals surface area contributed by atoms with Gasteiger partial charge in [0.15, 0.2) is 0 Å². The summed E-state index contributed by atoms with van der Waals surface area (Å²) in [6.45, 7) is 3.09. The van der Waals surface area contributed by atoms with Gasteiger partial charge in [0.25, 0.3) is 0 Å². The highest BCUT2D eigenvalue weighted by Crippen LogP contribution is 2.44. The summed E-state index contributed by atoms with van der Waals surface area (Å²) in [6, 6.07) is 0. The van der Waals surface area contributed by atoms with Crippen molar-refractivity contribution in [2.45, 2.75) is 45.3 Å². The molecule has 8 heteroatoms. The van der Waals surface area contributed by atoms with Crippen LogP contribution >= 0.6 is 0 Å². The van der Waals surface area contributed by atoms with Gasteiger partial charge in [0.05, 0.1) is 5.69 Å². The molecule has 0 N–H and O–H groups in total. The van der Waals surface area contributed by atoms with Crippen LogP contribution in [0.5, 0.6) is 0 Å². The third-order valence-corrected chi connectivity index (χ3v) is 2.23. The number of hydrogen-bond acceptors (Lipinski definition) is 2. The Hall–Kier alpha value is -1.21. The number of aryl methyl sites for hydroxylation is 2.